The smallest absolute Gasteiger partial charge is 0.321 e. The van der Waals surface area contributed by atoms with Crippen LogP contribution in [0, 0.1) is 5.92 Å². The molecule has 3 N–H and O–H groups in total. The van der Waals surface area contributed by atoms with E-state index in [0.29, 0.717) is 28.5 Å². The summed E-state index contributed by atoms with van der Waals surface area (Å²) >= 11 is 0. The zero-order valence-electron chi connectivity index (χ0n) is 26.0. The number of rotatable bonds is 10. The number of anilines is 2. The minimum absolute atomic E-state index is 0.0481. The standard InChI is InChI=1S/C32H40N4O8S/c1-21-18-36(22(2)20-37)31(38)17-23-16-25(34-45(40,41)28-13-11-27(43-5)12-14-28)8-15-29(23)44-30(21)19-35(3)32(39)33-24-6-9-26(42-4)10-7-24/h6-16,21-22,30,34,37H,17-20H2,1-5H3,(H,33,39)/t21-,22-,30-/m1/s1. The fourth-order valence-electron chi connectivity index (χ4n) is 4.93. The number of aliphatic hydroxyl groups excluding tert-OH is 1. The van der Waals surface area contributed by atoms with Gasteiger partial charge in [0, 0.05) is 36.4 Å². The van der Waals surface area contributed by atoms with Gasteiger partial charge in [0.2, 0.25) is 5.91 Å². The van der Waals surface area contributed by atoms with Crippen molar-refractivity contribution >= 4 is 33.3 Å². The van der Waals surface area contributed by atoms with Crippen LogP contribution in [0.15, 0.2) is 71.6 Å². The normalized spacial score (nSPS) is 17.5. The molecule has 3 atom stereocenters. The third-order valence-electron chi connectivity index (χ3n) is 7.68. The number of nitrogens with zero attached hydrogens (tertiary/aromatic N) is 2. The number of amides is 3. The van der Waals surface area contributed by atoms with E-state index >= 15 is 0 Å². The predicted octanol–water partition coefficient (Wildman–Crippen LogP) is 3.82. The quantitative estimate of drug-likeness (QED) is 0.303. The molecular weight excluding hydrogens is 600 g/mol. The number of fused-ring (bicyclic) bond motifs is 1. The maximum absolute atomic E-state index is 13.5. The number of ether oxygens (including phenoxy) is 3. The molecule has 0 radical (unpaired) electrons. The van der Waals surface area contributed by atoms with Gasteiger partial charge in [-0.1, -0.05) is 6.92 Å². The molecular formula is C32H40N4O8S. The fraction of sp³-hybridized carbons (Fsp3) is 0.375. The monoisotopic (exact) mass is 640 g/mol. The van der Waals surface area contributed by atoms with Crippen molar-refractivity contribution in [2.45, 2.75) is 37.3 Å². The Morgan fingerprint density at radius 2 is 1.64 bits per heavy atom. The first-order chi connectivity index (χ1) is 21.4. The third-order valence-corrected chi connectivity index (χ3v) is 9.08. The van der Waals surface area contributed by atoms with E-state index in [-0.39, 0.29) is 54.6 Å². The largest absolute Gasteiger partial charge is 0.497 e. The molecule has 0 fully saturated rings. The molecule has 3 aromatic carbocycles. The number of methoxy groups -OCH3 is 2. The predicted molar refractivity (Wildman–Crippen MR) is 170 cm³/mol. The summed E-state index contributed by atoms with van der Waals surface area (Å²) in [7, 11) is 0.773. The number of hydrogen-bond acceptors (Lipinski definition) is 8. The van der Waals surface area contributed by atoms with E-state index in [2.05, 4.69) is 10.0 Å². The molecule has 0 aliphatic carbocycles. The molecule has 4 rings (SSSR count). The Labute approximate surface area is 263 Å². The lowest BCUT2D eigenvalue weighted by atomic mass is 10.0. The Morgan fingerprint density at radius 3 is 2.24 bits per heavy atom. The second kappa shape index (κ2) is 14.5. The first kappa shape index (κ1) is 33.4. The summed E-state index contributed by atoms with van der Waals surface area (Å²) in [5, 5.41) is 12.8. The molecule has 12 nitrogen and oxygen atoms in total. The molecule has 1 aliphatic heterocycles. The maximum atomic E-state index is 13.5. The zero-order valence-corrected chi connectivity index (χ0v) is 26.8. The van der Waals surface area contributed by atoms with Gasteiger partial charge < -0.3 is 34.4 Å². The lowest BCUT2D eigenvalue weighted by Crippen LogP contribution is -2.48. The summed E-state index contributed by atoms with van der Waals surface area (Å²) in [4.78, 5) is 29.7. The van der Waals surface area contributed by atoms with Crippen molar-refractivity contribution in [3.8, 4) is 17.2 Å². The molecule has 13 heteroatoms. The zero-order chi connectivity index (χ0) is 32.7. The van der Waals surface area contributed by atoms with Crippen molar-refractivity contribution in [3.05, 3.63) is 72.3 Å². The van der Waals surface area contributed by atoms with Crippen LogP contribution in [0.5, 0.6) is 17.2 Å². The molecule has 45 heavy (non-hydrogen) atoms. The molecule has 0 bridgehead atoms. The number of benzene rings is 3. The summed E-state index contributed by atoms with van der Waals surface area (Å²) < 4.78 is 45.5. The average Bonchev–Trinajstić information content (AvgIpc) is 3.08. The first-order valence-electron chi connectivity index (χ1n) is 14.5. The first-order valence-corrected chi connectivity index (χ1v) is 15.9. The molecule has 0 saturated heterocycles. The van der Waals surface area contributed by atoms with Crippen LogP contribution in [0.1, 0.15) is 19.4 Å². The molecule has 242 valence electrons. The van der Waals surface area contributed by atoms with Gasteiger partial charge in [-0.2, -0.15) is 0 Å². The fourth-order valence-corrected chi connectivity index (χ4v) is 5.98. The molecule has 1 heterocycles. The molecule has 3 aromatic rings. The van der Waals surface area contributed by atoms with Gasteiger partial charge in [0.1, 0.15) is 23.4 Å². The van der Waals surface area contributed by atoms with Gasteiger partial charge in [-0.3, -0.25) is 9.52 Å². The summed E-state index contributed by atoms with van der Waals surface area (Å²) in [5.41, 5.74) is 1.32. The van der Waals surface area contributed by atoms with Gasteiger partial charge in [-0.05, 0) is 73.7 Å². The number of urea groups is 1. The van der Waals surface area contributed by atoms with Crippen LogP contribution in [0.4, 0.5) is 16.2 Å². The van der Waals surface area contributed by atoms with Crippen LogP contribution in [0.25, 0.3) is 0 Å². The van der Waals surface area contributed by atoms with E-state index in [1.165, 1.54) is 24.1 Å². The summed E-state index contributed by atoms with van der Waals surface area (Å²) in [5.74, 6) is 1.11. The highest BCUT2D eigenvalue weighted by Crippen LogP contribution is 2.30. The number of hydrogen-bond donors (Lipinski definition) is 3. The van der Waals surface area contributed by atoms with Crippen molar-refractivity contribution in [1.29, 1.82) is 0 Å². The number of aliphatic hydroxyl groups is 1. The lowest BCUT2D eigenvalue weighted by Gasteiger charge is -2.34. The van der Waals surface area contributed by atoms with E-state index in [1.807, 2.05) is 6.92 Å². The van der Waals surface area contributed by atoms with Gasteiger partial charge >= 0.3 is 6.03 Å². The number of carbonyl (C=O) groups is 2. The topological polar surface area (TPSA) is 147 Å². The van der Waals surface area contributed by atoms with Crippen LogP contribution < -0.4 is 24.2 Å². The van der Waals surface area contributed by atoms with E-state index < -0.39 is 22.2 Å². The molecule has 0 aromatic heterocycles. The van der Waals surface area contributed by atoms with E-state index in [4.69, 9.17) is 14.2 Å². The second-order valence-electron chi connectivity index (χ2n) is 11.0. The maximum Gasteiger partial charge on any atom is 0.321 e. The van der Waals surface area contributed by atoms with Crippen LogP contribution in [0.3, 0.4) is 0 Å². The SMILES string of the molecule is COc1ccc(NC(=O)N(C)C[C@H]2Oc3ccc(NS(=O)(=O)c4ccc(OC)cc4)cc3CC(=O)N([C@H](C)CO)C[C@H]2C)cc1. The Morgan fingerprint density at radius 1 is 1.04 bits per heavy atom. The average molecular weight is 641 g/mol. The molecule has 0 spiro atoms. The van der Waals surface area contributed by atoms with Crippen LogP contribution in [-0.2, 0) is 21.2 Å². The summed E-state index contributed by atoms with van der Waals surface area (Å²) in [6.45, 7) is 3.91. The lowest BCUT2D eigenvalue weighted by molar-refractivity contribution is -0.134. The number of carbonyl (C=O) groups excluding carboxylic acids is 2. The van der Waals surface area contributed by atoms with E-state index in [1.54, 1.807) is 80.6 Å². The van der Waals surface area contributed by atoms with Crippen molar-refractivity contribution in [1.82, 2.24) is 9.80 Å². The number of sulfonamides is 1. The van der Waals surface area contributed by atoms with Gasteiger partial charge in [0.05, 0.1) is 44.7 Å². The number of nitrogens with one attached hydrogen (secondary N) is 2. The number of likely N-dealkylation sites (N-methyl/N-ethyl adjacent to an activating group) is 1. The molecule has 1 aliphatic rings. The van der Waals surface area contributed by atoms with Crippen molar-refractivity contribution in [2.75, 3.05) is 51.0 Å². The van der Waals surface area contributed by atoms with Crippen molar-refractivity contribution in [3.63, 3.8) is 0 Å². The van der Waals surface area contributed by atoms with Crippen molar-refractivity contribution < 1.29 is 37.3 Å². The highest BCUT2D eigenvalue weighted by Gasteiger charge is 2.32. The Kier molecular flexibility index (Phi) is 10.8. The van der Waals surface area contributed by atoms with Gasteiger partial charge in [-0.25, -0.2) is 13.2 Å². The molecule has 3 amide bonds. The van der Waals surface area contributed by atoms with E-state index in [9.17, 15) is 23.1 Å². The Hall–Kier alpha value is -4.49. The van der Waals surface area contributed by atoms with Crippen LogP contribution >= 0.6 is 0 Å². The van der Waals surface area contributed by atoms with Gasteiger partial charge in [-0.15, -0.1) is 0 Å². The molecule has 0 unspecified atom stereocenters. The highest BCUT2D eigenvalue weighted by atomic mass is 32.2. The minimum atomic E-state index is -3.94. The summed E-state index contributed by atoms with van der Waals surface area (Å²) in [6, 6.07) is 16.9. The van der Waals surface area contributed by atoms with Crippen LogP contribution in [0.2, 0.25) is 0 Å². The third kappa shape index (κ3) is 8.37. The van der Waals surface area contributed by atoms with Crippen molar-refractivity contribution in [2.24, 2.45) is 5.92 Å². The highest BCUT2D eigenvalue weighted by molar-refractivity contribution is 7.92. The van der Waals surface area contributed by atoms with Gasteiger partial charge in [0.15, 0.2) is 0 Å². The van der Waals surface area contributed by atoms with E-state index in [0.717, 1.165) is 0 Å². The summed E-state index contributed by atoms with van der Waals surface area (Å²) in [6.07, 6.45) is -0.623. The molecule has 0 saturated carbocycles. The second-order valence-corrected chi connectivity index (χ2v) is 12.7. The Bertz CT molecular complexity index is 1580. The Balaban J connectivity index is 1.59. The van der Waals surface area contributed by atoms with Gasteiger partial charge in [0.25, 0.3) is 10.0 Å². The minimum Gasteiger partial charge on any atom is -0.497 e. The van der Waals surface area contributed by atoms with Crippen LogP contribution in [-0.4, -0.2) is 88.4 Å².